The highest BCUT2D eigenvalue weighted by Crippen LogP contribution is 2.09. The number of amides is 1. The Balaban J connectivity index is 2.66. The zero-order valence-electron chi connectivity index (χ0n) is 9.12. The largest absolute Gasteiger partial charge is 0.479 e. The Bertz CT molecular complexity index is 414. The first kappa shape index (κ1) is 13.1. The van der Waals surface area contributed by atoms with Crippen molar-refractivity contribution in [1.82, 2.24) is 0 Å². The summed E-state index contributed by atoms with van der Waals surface area (Å²) in [6.45, 7) is 1.87. The molecule has 92 valence electrons. The Morgan fingerprint density at radius 3 is 2.12 bits per heavy atom. The van der Waals surface area contributed by atoms with Gasteiger partial charge in [0, 0.05) is 5.69 Å². The normalized spacial score (nSPS) is 13.8. The first-order valence-electron chi connectivity index (χ1n) is 4.88. The molecule has 0 radical (unpaired) electrons. The standard InChI is InChI=1S/C11H13NO5/c1-6-2-4-7(5-3-6)12-10(15)8(13)9(14)11(16)17/h2-5,8-9,13-14H,1H3,(H,12,15)(H,16,17)/t8-,9-/m1/s1. The minimum absolute atomic E-state index is 0.414. The van der Waals surface area contributed by atoms with Gasteiger partial charge in [-0.05, 0) is 19.1 Å². The molecule has 6 nitrogen and oxygen atoms in total. The molecule has 0 heterocycles. The summed E-state index contributed by atoms with van der Waals surface area (Å²) in [6, 6.07) is 6.70. The van der Waals surface area contributed by atoms with E-state index in [9.17, 15) is 14.7 Å². The van der Waals surface area contributed by atoms with Gasteiger partial charge in [0.25, 0.3) is 5.91 Å². The molecule has 4 N–H and O–H groups in total. The number of carbonyl (C=O) groups excluding carboxylic acids is 1. The summed E-state index contributed by atoms with van der Waals surface area (Å²) in [7, 11) is 0. The Kier molecular flexibility index (Phi) is 4.19. The van der Waals surface area contributed by atoms with E-state index in [0.29, 0.717) is 5.69 Å². The summed E-state index contributed by atoms with van der Waals surface area (Å²) < 4.78 is 0. The second-order valence-corrected chi connectivity index (χ2v) is 3.58. The highest BCUT2D eigenvalue weighted by Gasteiger charge is 2.29. The fourth-order valence-electron chi connectivity index (χ4n) is 1.13. The van der Waals surface area contributed by atoms with E-state index >= 15 is 0 Å². The zero-order chi connectivity index (χ0) is 13.0. The van der Waals surface area contributed by atoms with E-state index in [1.807, 2.05) is 6.92 Å². The number of hydrogen-bond donors (Lipinski definition) is 4. The lowest BCUT2D eigenvalue weighted by molar-refractivity contribution is -0.156. The highest BCUT2D eigenvalue weighted by atomic mass is 16.4. The van der Waals surface area contributed by atoms with E-state index in [1.165, 1.54) is 0 Å². The first-order valence-corrected chi connectivity index (χ1v) is 4.88. The van der Waals surface area contributed by atoms with Gasteiger partial charge in [-0.25, -0.2) is 4.79 Å². The number of aliphatic hydroxyl groups excluding tert-OH is 2. The molecule has 0 aliphatic heterocycles. The van der Waals surface area contributed by atoms with Crippen molar-refractivity contribution in [3.8, 4) is 0 Å². The van der Waals surface area contributed by atoms with Crippen LogP contribution in [0.2, 0.25) is 0 Å². The van der Waals surface area contributed by atoms with Gasteiger partial charge in [0.2, 0.25) is 0 Å². The summed E-state index contributed by atoms with van der Waals surface area (Å²) in [5, 5.41) is 28.9. The maximum Gasteiger partial charge on any atom is 0.335 e. The number of rotatable bonds is 4. The molecule has 0 bridgehead atoms. The summed E-state index contributed by atoms with van der Waals surface area (Å²) >= 11 is 0. The van der Waals surface area contributed by atoms with Crippen LogP contribution in [0.5, 0.6) is 0 Å². The second-order valence-electron chi connectivity index (χ2n) is 3.58. The zero-order valence-corrected chi connectivity index (χ0v) is 9.12. The first-order chi connectivity index (χ1) is 7.91. The van der Waals surface area contributed by atoms with Crippen LogP contribution in [0.3, 0.4) is 0 Å². The number of nitrogens with one attached hydrogen (secondary N) is 1. The predicted molar refractivity (Wildman–Crippen MR) is 59.5 cm³/mol. The lowest BCUT2D eigenvalue weighted by atomic mass is 10.2. The van der Waals surface area contributed by atoms with Crippen LogP contribution in [0, 0.1) is 6.92 Å². The van der Waals surface area contributed by atoms with Crippen LogP contribution >= 0.6 is 0 Å². The number of hydrogen-bond acceptors (Lipinski definition) is 4. The molecule has 1 rings (SSSR count). The van der Waals surface area contributed by atoms with Crippen molar-refractivity contribution >= 4 is 17.6 Å². The Labute approximate surface area is 97.5 Å². The molecule has 1 aromatic carbocycles. The topological polar surface area (TPSA) is 107 Å². The van der Waals surface area contributed by atoms with Gasteiger partial charge in [-0.15, -0.1) is 0 Å². The average Bonchev–Trinajstić information content (AvgIpc) is 2.30. The van der Waals surface area contributed by atoms with Gasteiger partial charge in [-0.2, -0.15) is 0 Å². The Morgan fingerprint density at radius 1 is 1.12 bits per heavy atom. The smallest absolute Gasteiger partial charge is 0.335 e. The van der Waals surface area contributed by atoms with E-state index in [4.69, 9.17) is 10.2 Å². The quantitative estimate of drug-likeness (QED) is 0.579. The molecule has 0 aliphatic carbocycles. The molecule has 2 atom stereocenters. The lowest BCUT2D eigenvalue weighted by Crippen LogP contribution is -2.42. The molecule has 0 spiro atoms. The maximum atomic E-state index is 11.4. The van der Waals surface area contributed by atoms with Gasteiger partial charge in [-0.3, -0.25) is 4.79 Å². The maximum absolute atomic E-state index is 11.4. The van der Waals surface area contributed by atoms with Crippen molar-refractivity contribution in [3.63, 3.8) is 0 Å². The number of carboxylic acids is 1. The Morgan fingerprint density at radius 2 is 1.65 bits per heavy atom. The number of aliphatic hydroxyl groups is 2. The average molecular weight is 239 g/mol. The van der Waals surface area contributed by atoms with E-state index in [-0.39, 0.29) is 0 Å². The van der Waals surface area contributed by atoms with Crippen LogP contribution in [-0.4, -0.2) is 39.4 Å². The van der Waals surface area contributed by atoms with Gasteiger partial charge in [-0.1, -0.05) is 17.7 Å². The minimum atomic E-state index is -2.14. The predicted octanol–water partition coefficient (Wildman–Crippen LogP) is -0.260. The van der Waals surface area contributed by atoms with E-state index in [2.05, 4.69) is 5.32 Å². The van der Waals surface area contributed by atoms with Crippen molar-refractivity contribution in [2.75, 3.05) is 5.32 Å². The van der Waals surface area contributed by atoms with Crippen LogP contribution in [0.4, 0.5) is 5.69 Å². The SMILES string of the molecule is Cc1ccc(NC(=O)[C@H](O)[C@@H](O)C(=O)O)cc1. The van der Waals surface area contributed by atoms with Crippen LogP contribution in [0.25, 0.3) is 0 Å². The van der Waals surface area contributed by atoms with E-state index < -0.39 is 24.1 Å². The molecule has 0 saturated carbocycles. The van der Waals surface area contributed by atoms with Crippen LogP contribution in [0.15, 0.2) is 24.3 Å². The number of aryl methyl sites for hydroxylation is 1. The highest BCUT2D eigenvalue weighted by molar-refractivity contribution is 5.97. The summed E-state index contributed by atoms with van der Waals surface area (Å²) in [5.74, 6) is -2.62. The van der Waals surface area contributed by atoms with E-state index in [0.717, 1.165) is 5.56 Å². The molecule has 1 amide bonds. The summed E-state index contributed by atoms with van der Waals surface area (Å²) in [6.07, 6.45) is -4.14. The third-order valence-corrected chi connectivity index (χ3v) is 2.14. The van der Waals surface area contributed by atoms with Gasteiger partial charge < -0.3 is 20.6 Å². The van der Waals surface area contributed by atoms with E-state index in [1.54, 1.807) is 24.3 Å². The lowest BCUT2D eigenvalue weighted by Gasteiger charge is -2.13. The molecule has 0 fully saturated rings. The number of carbonyl (C=O) groups is 2. The van der Waals surface area contributed by atoms with Crippen LogP contribution < -0.4 is 5.32 Å². The van der Waals surface area contributed by atoms with Crippen LogP contribution in [-0.2, 0) is 9.59 Å². The van der Waals surface area contributed by atoms with Gasteiger partial charge >= 0.3 is 5.97 Å². The second kappa shape index (κ2) is 5.42. The molecule has 1 aromatic rings. The number of benzene rings is 1. The Hall–Kier alpha value is -1.92. The summed E-state index contributed by atoms with van der Waals surface area (Å²) in [4.78, 5) is 21.7. The van der Waals surface area contributed by atoms with Gasteiger partial charge in [0.1, 0.15) is 0 Å². The van der Waals surface area contributed by atoms with Crippen molar-refractivity contribution < 1.29 is 24.9 Å². The number of aliphatic carboxylic acids is 1. The minimum Gasteiger partial charge on any atom is -0.479 e. The number of anilines is 1. The number of carboxylic acid groups (broad SMARTS) is 1. The molecule has 6 heteroatoms. The van der Waals surface area contributed by atoms with Crippen molar-refractivity contribution in [1.29, 1.82) is 0 Å². The van der Waals surface area contributed by atoms with Crippen molar-refractivity contribution in [3.05, 3.63) is 29.8 Å². The third kappa shape index (κ3) is 3.54. The van der Waals surface area contributed by atoms with Gasteiger partial charge in [0.05, 0.1) is 0 Å². The molecule has 0 aliphatic rings. The molecular formula is C11H13NO5. The monoisotopic (exact) mass is 239 g/mol. The van der Waals surface area contributed by atoms with Gasteiger partial charge in [0.15, 0.2) is 12.2 Å². The van der Waals surface area contributed by atoms with Crippen molar-refractivity contribution in [2.45, 2.75) is 19.1 Å². The van der Waals surface area contributed by atoms with Crippen LogP contribution in [0.1, 0.15) is 5.56 Å². The fraction of sp³-hybridized carbons (Fsp3) is 0.273. The molecule has 0 unspecified atom stereocenters. The summed E-state index contributed by atoms with van der Waals surface area (Å²) in [5.41, 5.74) is 1.41. The van der Waals surface area contributed by atoms with Crippen molar-refractivity contribution in [2.24, 2.45) is 0 Å². The molecule has 0 aromatic heterocycles. The molecule has 17 heavy (non-hydrogen) atoms. The third-order valence-electron chi connectivity index (χ3n) is 2.14. The molecule has 0 saturated heterocycles. The molecular weight excluding hydrogens is 226 g/mol. The fourth-order valence-corrected chi connectivity index (χ4v) is 1.13.